The van der Waals surface area contributed by atoms with E-state index >= 15 is 0 Å². The number of hydrogen-bond acceptors (Lipinski definition) is 5. The number of carbonyl (C=O) groups excluding carboxylic acids is 1. The van der Waals surface area contributed by atoms with Crippen LogP contribution < -0.4 is 11.1 Å². The lowest BCUT2D eigenvalue weighted by Crippen LogP contribution is -2.12. The summed E-state index contributed by atoms with van der Waals surface area (Å²) in [6.45, 7) is 0.639. The molecular formula is C18H16ClN3O3. The van der Waals surface area contributed by atoms with Crippen LogP contribution in [0.4, 0.5) is 10.5 Å². The maximum Gasteiger partial charge on any atom is 0.404 e. The molecule has 0 aliphatic heterocycles. The van der Waals surface area contributed by atoms with E-state index in [2.05, 4.69) is 15.2 Å². The largest absolute Gasteiger partial charge is 0.441 e. The van der Waals surface area contributed by atoms with E-state index in [-0.39, 0.29) is 6.61 Å². The van der Waals surface area contributed by atoms with Gasteiger partial charge in [0.05, 0.1) is 0 Å². The van der Waals surface area contributed by atoms with Crippen molar-refractivity contribution < 1.29 is 14.1 Å². The van der Waals surface area contributed by atoms with Crippen LogP contribution in [0.2, 0.25) is 5.02 Å². The maximum atomic E-state index is 10.6. The summed E-state index contributed by atoms with van der Waals surface area (Å²) in [5, 5.41) is 8.01. The molecule has 3 N–H and O–H groups in total. The Labute approximate surface area is 149 Å². The number of anilines is 1. The van der Waals surface area contributed by atoms with E-state index in [9.17, 15) is 4.79 Å². The summed E-state index contributed by atoms with van der Waals surface area (Å²) in [4.78, 5) is 10.6. The van der Waals surface area contributed by atoms with Gasteiger partial charge in [-0.2, -0.15) is 0 Å². The second-order valence-corrected chi connectivity index (χ2v) is 5.78. The van der Waals surface area contributed by atoms with Crippen LogP contribution in [0.3, 0.4) is 0 Å². The van der Waals surface area contributed by atoms with Gasteiger partial charge in [-0.3, -0.25) is 0 Å². The summed E-state index contributed by atoms with van der Waals surface area (Å²) in [7, 11) is 0. The van der Waals surface area contributed by atoms with E-state index in [1.165, 1.54) is 0 Å². The van der Waals surface area contributed by atoms with Crippen LogP contribution in [-0.2, 0) is 17.9 Å². The van der Waals surface area contributed by atoms with E-state index in [1.54, 1.807) is 6.07 Å². The Morgan fingerprint density at radius 1 is 1.20 bits per heavy atom. The highest BCUT2D eigenvalue weighted by molar-refractivity contribution is 6.30. The number of amides is 1. The van der Waals surface area contributed by atoms with E-state index in [0.29, 0.717) is 18.0 Å². The van der Waals surface area contributed by atoms with Crippen molar-refractivity contribution in [2.24, 2.45) is 5.73 Å². The SMILES string of the molecule is NC(=O)OCc1cc(-c2ccc(NCc3cccc(Cl)c3)cc2)no1. The van der Waals surface area contributed by atoms with Crippen LogP contribution in [0.25, 0.3) is 11.3 Å². The van der Waals surface area contributed by atoms with Gasteiger partial charge in [-0.1, -0.05) is 41.0 Å². The lowest BCUT2D eigenvalue weighted by Gasteiger charge is -2.07. The Morgan fingerprint density at radius 2 is 2.00 bits per heavy atom. The van der Waals surface area contributed by atoms with Gasteiger partial charge in [0.1, 0.15) is 5.69 Å². The van der Waals surface area contributed by atoms with Gasteiger partial charge >= 0.3 is 6.09 Å². The first-order valence-corrected chi connectivity index (χ1v) is 7.94. The number of aromatic nitrogens is 1. The van der Waals surface area contributed by atoms with Crippen LogP contribution in [-0.4, -0.2) is 11.2 Å². The molecule has 0 saturated heterocycles. The van der Waals surface area contributed by atoms with Crippen LogP contribution in [0.1, 0.15) is 11.3 Å². The number of primary amides is 1. The van der Waals surface area contributed by atoms with Gasteiger partial charge in [0.2, 0.25) is 0 Å². The number of nitrogens with zero attached hydrogens (tertiary/aromatic N) is 1. The van der Waals surface area contributed by atoms with Crippen LogP contribution >= 0.6 is 11.6 Å². The minimum absolute atomic E-state index is 0.0401. The fourth-order valence-corrected chi connectivity index (χ4v) is 2.48. The Bertz CT molecular complexity index is 862. The molecule has 1 amide bonds. The number of ether oxygens (including phenoxy) is 1. The summed E-state index contributed by atoms with van der Waals surface area (Å²) in [5.41, 5.74) is 8.54. The average Bonchev–Trinajstić information content (AvgIpc) is 3.08. The third kappa shape index (κ3) is 4.74. The van der Waals surface area contributed by atoms with Crippen molar-refractivity contribution in [1.82, 2.24) is 5.16 Å². The lowest BCUT2D eigenvalue weighted by atomic mass is 10.1. The minimum Gasteiger partial charge on any atom is -0.441 e. The van der Waals surface area contributed by atoms with Crippen molar-refractivity contribution in [2.45, 2.75) is 13.2 Å². The molecule has 0 aliphatic rings. The van der Waals surface area contributed by atoms with E-state index in [1.807, 2.05) is 48.5 Å². The van der Waals surface area contributed by atoms with Gasteiger partial charge in [0, 0.05) is 28.9 Å². The molecule has 128 valence electrons. The Morgan fingerprint density at radius 3 is 2.72 bits per heavy atom. The summed E-state index contributed by atoms with van der Waals surface area (Å²) in [6, 6.07) is 17.2. The molecule has 6 nitrogen and oxygen atoms in total. The number of rotatable bonds is 6. The standard InChI is InChI=1S/C18H16ClN3O3/c19-14-3-1-2-12(8-14)10-21-15-6-4-13(5-7-15)17-9-16(25-22-17)11-24-18(20)23/h1-9,21H,10-11H2,(H2,20,23). The number of halogens is 1. The quantitative estimate of drug-likeness (QED) is 0.689. The predicted octanol–water partition coefficient (Wildman–Crippen LogP) is 4.20. The van der Waals surface area contributed by atoms with E-state index < -0.39 is 6.09 Å². The zero-order valence-corrected chi connectivity index (χ0v) is 14.0. The molecule has 1 heterocycles. The summed E-state index contributed by atoms with van der Waals surface area (Å²) in [5.74, 6) is 0.428. The molecule has 0 radical (unpaired) electrons. The third-order valence-electron chi connectivity index (χ3n) is 3.48. The molecule has 1 aromatic heterocycles. The van der Waals surface area contributed by atoms with Crippen molar-refractivity contribution >= 4 is 23.4 Å². The average molecular weight is 358 g/mol. The number of carbonyl (C=O) groups is 1. The van der Waals surface area contributed by atoms with Crippen molar-refractivity contribution in [2.75, 3.05) is 5.32 Å². The van der Waals surface area contributed by atoms with Crippen molar-refractivity contribution in [3.63, 3.8) is 0 Å². The third-order valence-corrected chi connectivity index (χ3v) is 3.72. The molecule has 0 unspecified atom stereocenters. The first-order chi connectivity index (χ1) is 12.1. The van der Waals surface area contributed by atoms with Crippen molar-refractivity contribution in [3.05, 3.63) is 70.9 Å². The first-order valence-electron chi connectivity index (χ1n) is 7.57. The minimum atomic E-state index is -0.854. The number of hydrogen-bond donors (Lipinski definition) is 2. The molecule has 2 aromatic carbocycles. The van der Waals surface area contributed by atoms with Crippen LogP contribution in [0.15, 0.2) is 59.1 Å². The van der Waals surface area contributed by atoms with E-state index in [0.717, 1.165) is 21.8 Å². The zero-order chi connectivity index (χ0) is 17.6. The highest BCUT2D eigenvalue weighted by atomic mass is 35.5. The molecule has 0 fully saturated rings. The first kappa shape index (κ1) is 16.9. The van der Waals surface area contributed by atoms with Crippen molar-refractivity contribution in [3.8, 4) is 11.3 Å². The number of nitrogens with one attached hydrogen (secondary N) is 1. The zero-order valence-electron chi connectivity index (χ0n) is 13.2. The highest BCUT2D eigenvalue weighted by Gasteiger charge is 2.08. The second kappa shape index (κ2) is 7.72. The van der Waals surface area contributed by atoms with Gasteiger partial charge in [0.15, 0.2) is 12.4 Å². The van der Waals surface area contributed by atoms with Crippen molar-refractivity contribution in [1.29, 1.82) is 0 Å². The molecule has 0 saturated carbocycles. The van der Waals surface area contributed by atoms with Gasteiger partial charge in [0.25, 0.3) is 0 Å². The molecule has 0 spiro atoms. The van der Waals surface area contributed by atoms with Gasteiger partial charge < -0.3 is 20.3 Å². The molecule has 3 rings (SSSR count). The molecule has 0 atom stereocenters. The topological polar surface area (TPSA) is 90.4 Å². The highest BCUT2D eigenvalue weighted by Crippen LogP contribution is 2.22. The summed E-state index contributed by atoms with van der Waals surface area (Å²) >= 11 is 5.98. The predicted molar refractivity (Wildman–Crippen MR) is 95.1 cm³/mol. The fraction of sp³-hybridized carbons (Fsp3) is 0.111. The Hall–Kier alpha value is -2.99. The molecular weight excluding hydrogens is 342 g/mol. The number of nitrogens with two attached hydrogens (primary N) is 1. The van der Waals surface area contributed by atoms with Crippen LogP contribution in [0, 0.1) is 0 Å². The smallest absolute Gasteiger partial charge is 0.404 e. The monoisotopic (exact) mass is 357 g/mol. The molecule has 7 heteroatoms. The van der Waals surface area contributed by atoms with Crippen LogP contribution in [0.5, 0.6) is 0 Å². The molecule has 25 heavy (non-hydrogen) atoms. The molecule has 0 bridgehead atoms. The summed E-state index contributed by atoms with van der Waals surface area (Å²) in [6.07, 6.45) is -0.854. The Balaban J connectivity index is 1.61. The van der Waals surface area contributed by atoms with Gasteiger partial charge in [-0.25, -0.2) is 4.79 Å². The second-order valence-electron chi connectivity index (χ2n) is 5.35. The maximum absolute atomic E-state index is 10.6. The Kier molecular flexibility index (Phi) is 5.20. The molecule has 0 aliphatic carbocycles. The number of benzene rings is 2. The van der Waals surface area contributed by atoms with Gasteiger partial charge in [-0.05, 0) is 29.8 Å². The van der Waals surface area contributed by atoms with E-state index in [4.69, 9.17) is 21.9 Å². The lowest BCUT2D eigenvalue weighted by molar-refractivity contribution is 0.137. The normalized spacial score (nSPS) is 10.4. The fourth-order valence-electron chi connectivity index (χ4n) is 2.27. The van der Waals surface area contributed by atoms with Gasteiger partial charge in [-0.15, -0.1) is 0 Å². The molecule has 3 aromatic rings. The summed E-state index contributed by atoms with van der Waals surface area (Å²) < 4.78 is 9.77.